The lowest BCUT2D eigenvalue weighted by molar-refractivity contribution is -0.139. The lowest BCUT2D eigenvalue weighted by atomic mass is 9.85. The van der Waals surface area contributed by atoms with Crippen molar-refractivity contribution in [2.75, 3.05) is 0 Å². The van der Waals surface area contributed by atoms with Crippen LogP contribution in [0.5, 0.6) is 11.5 Å². The van der Waals surface area contributed by atoms with E-state index in [9.17, 15) is 19.3 Å². The predicted octanol–water partition coefficient (Wildman–Crippen LogP) is 4.97. The highest BCUT2D eigenvalue weighted by atomic mass is 16.6. The topological polar surface area (TPSA) is 150 Å². The maximum Gasteiger partial charge on any atom is 0.312 e. The van der Waals surface area contributed by atoms with Gasteiger partial charge in [-0.05, 0) is 54.2 Å². The molecule has 0 spiro atoms. The Morgan fingerprint density at radius 2 is 1.43 bits per heavy atom. The van der Waals surface area contributed by atoms with Crippen molar-refractivity contribution in [2.24, 2.45) is 32.2 Å². The van der Waals surface area contributed by atoms with Crippen molar-refractivity contribution in [1.82, 2.24) is 0 Å². The molecule has 3 rings (SSSR count). The van der Waals surface area contributed by atoms with Crippen molar-refractivity contribution in [3.8, 4) is 11.5 Å². The van der Waals surface area contributed by atoms with Crippen LogP contribution >= 0.6 is 0 Å². The molecule has 0 unspecified atom stereocenters. The molecule has 0 radical (unpaired) electrons. The zero-order valence-corrected chi connectivity index (χ0v) is 20.5. The number of rotatable bonds is 10. The van der Waals surface area contributed by atoms with E-state index in [2.05, 4.69) is 29.4 Å². The third kappa shape index (κ3) is 7.40. The van der Waals surface area contributed by atoms with E-state index in [4.69, 9.17) is 15.3 Å². The van der Waals surface area contributed by atoms with Crippen LogP contribution in [0.2, 0.25) is 0 Å². The van der Waals surface area contributed by atoms with Gasteiger partial charge in [-0.15, -0.1) is 4.91 Å². The molecule has 1 aromatic rings. The summed E-state index contributed by atoms with van der Waals surface area (Å²) in [6.45, 7) is 4.15. The fourth-order valence-electron chi connectivity index (χ4n) is 5.21. The van der Waals surface area contributed by atoms with Crippen molar-refractivity contribution < 1.29 is 23.9 Å². The summed E-state index contributed by atoms with van der Waals surface area (Å²) in [5.74, 6) is 3.43. The largest absolute Gasteiger partial charge is 0.422 e. The van der Waals surface area contributed by atoms with Gasteiger partial charge in [0.25, 0.3) is 0 Å². The number of nitroso groups, excluding NO2 is 1. The molecule has 190 valence electrons. The predicted molar refractivity (Wildman–Crippen MR) is 127 cm³/mol. The van der Waals surface area contributed by atoms with Crippen LogP contribution in [-0.4, -0.2) is 23.9 Å². The zero-order valence-electron chi connectivity index (χ0n) is 20.5. The second kappa shape index (κ2) is 11.5. The molecule has 0 aromatic heterocycles. The molecule has 0 bridgehead atoms. The second-order valence-electron chi connectivity index (χ2n) is 10.5. The van der Waals surface area contributed by atoms with Crippen LogP contribution in [0.25, 0.3) is 0 Å². The number of nitrogens with zero attached hydrogens (tertiary/aromatic N) is 3. The smallest absolute Gasteiger partial charge is 0.312 e. The summed E-state index contributed by atoms with van der Waals surface area (Å²) in [4.78, 5) is 48.0. The number of carbonyl (C=O) groups excluding carboxylic acids is 3. The molecule has 1 aromatic carbocycles. The van der Waals surface area contributed by atoms with E-state index in [-0.39, 0.29) is 41.6 Å². The number of esters is 2. The van der Waals surface area contributed by atoms with Gasteiger partial charge in [0.05, 0.1) is 12.8 Å². The van der Waals surface area contributed by atoms with Gasteiger partial charge in [0.15, 0.2) is 17.5 Å². The Kier molecular flexibility index (Phi) is 8.69. The number of benzene rings is 1. The first kappa shape index (κ1) is 26.4. The van der Waals surface area contributed by atoms with Crippen LogP contribution in [0.1, 0.15) is 83.6 Å². The van der Waals surface area contributed by atoms with E-state index >= 15 is 0 Å². The average Bonchev–Trinajstić information content (AvgIpc) is 3.42. The van der Waals surface area contributed by atoms with Crippen LogP contribution < -0.4 is 15.3 Å². The van der Waals surface area contributed by atoms with Crippen molar-refractivity contribution in [1.29, 1.82) is 0 Å². The highest BCUT2D eigenvalue weighted by Crippen LogP contribution is 2.42. The van der Waals surface area contributed by atoms with E-state index in [1.165, 1.54) is 12.1 Å². The number of hydrogen-bond acceptors (Lipinski definition) is 8. The lowest BCUT2D eigenvalue weighted by Gasteiger charge is -2.23. The van der Waals surface area contributed by atoms with Gasteiger partial charge in [0.1, 0.15) is 0 Å². The molecule has 1 amide bonds. The molecule has 2 aliphatic carbocycles. The fraction of sp³-hybridized carbons (Fsp3) is 0.640. The van der Waals surface area contributed by atoms with Gasteiger partial charge in [-0.25, -0.2) is 0 Å². The van der Waals surface area contributed by atoms with Gasteiger partial charge in [0, 0.05) is 11.6 Å². The Morgan fingerprint density at radius 1 is 0.914 bits per heavy atom. The first-order valence-corrected chi connectivity index (χ1v) is 12.2. The SMILES string of the molecule is CC1(CC(=O)Oc2ccc(C[C@H](N=NN)C(=O)N=O)cc2OC(=O)CC2(C)CCCC2)CCCC1. The van der Waals surface area contributed by atoms with Gasteiger partial charge in [-0.3, -0.25) is 14.4 Å². The van der Waals surface area contributed by atoms with Crippen LogP contribution in [0.3, 0.4) is 0 Å². The van der Waals surface area contributed by atoms with E-state index in [1.54, 1.807) is 6.07 Å². The van der Waals surface area contributed by atoms with Crippen LogP contribution in [0.4, 0.5) is 0 Å². The molecule has 0 saturated heterocycles. The van der Waals surface area contributed by atoms with E-state index in [1.807, 2.05) is 0 Å². The molecule has 2 fully saturated rings. The third-order valence-corrected chi connectivity index (χ3v) is 7.23. The number of amides is 1. The minimum absolute atomic E-state index is 0.0418. The standard InChI is InChI=1S/C25H34N4O6/c1-24(9-3-4-10-24)15-21(30)34-19-8-7-17(13-18(27-29-26)23(32)28-33)14-20(19)35-22(31)16-25(2)11-5-6-12-25/h7-8,14,18H,3-6,9-13,15-16H2,1-2H3,(H2,26,27)/t18-/m0/s1. The summed E-state index contributed by atoms with van der Waals surface area (Å²) in [7, 11) is 0. The first-order chi connectivity index (χ1) is 16.6. The maximum absolute atomic E-state index is 12.8. The molecule has 1 atom stereocenters. The molecule has 0 aliphatic heterocycles. The van der Waals surface area contributed by atoms with Crippen molar-refractivity contribution >= 4 is 17.8 Å². The van der Waals surface area contributed by atoms with E-state index in [0.717, 1.165) is 51.4 Å². The molecule has 0 heterocycles. The molecule has 2 aliphatic rings. The summed E-state index contributed by atoms with van der Waals surface area (Å²) < 4.78 is 11.3. The maximum atomic E-state index is 12.8. The highest BCUT2D eigenvalue weighted by molar-refractivity contribution is 5.83. The average molecular weight is 487 g/mol. The van der Waals surface area contributed by atoms with Gasteiger partial charge < -0.3 is 15.3 Å². The summed E-state index contributed by atoms with van der Waals surface area (Å²) in [5, 5.41) is 9.06. The van der Waals surface area contributed by atoms with Crippen LogP contribution in [-0.2, 0) is 20.8 Å². The molecular weight excluding hydrogens is 452 g/mol. The van der Waals surface area contributed by atoms with Gasteiger partial charge in [-0.2, -0.15) is 5.11 Å². The molecule has 35 heavy (non-hydrogen) atoms. The fourth-order valence-corrected chi connectivity index (χ4v) is 5.21. The minimum atomic E-state index is -1.20. The summed E-state index contributed by atoms with van der Waals surface area (Å²) >= 11 is 0. The van der Waals surface area contributed by atoms with E-state index in [0.29, 0.717) is 5.56 Å². The molecule has 2 N–H and O–H groups in total. The van der Waals surface area contributed by atoms with E-state index < -0.39 is 23.9 Å². The van der Waals surface area contributed by atoms with Crippen molar-refractivity contribution in [3.63, 3.8) is 0 Å². The van der Waals surface area contributed by atoms with Crippen molar-refractivity contribution in [2.45, 2.75) is 90.5 Å². The Balaban J connectivity index is 1.80. The summed E-state index contributed by atoms with van der Waals surface area (Å²) in [6, 6.07) is 3.42. The van der Waals surface area contributed by atoms with Crippen LogP contribution in [0, 0.1) is 15.7 Å². The molecule has 2 saturated carbocycles. The molecule has 10 heteroatoms. The Bertz CT molecular complexity index is 980. The monoisotopic (exact) mass is 486 g/mol. The Hall–Kier alpha value is -3.17. The van der Waals surface area contributed by atoms with Crippen molar-refractivity contribution in [3.05, 3.63) is 28.7 Å². The third-order valence-electron chi connectivity index (χ3n) is 7.23. The first-order valence-electron chi connectivity index (χ1n) is 12.2. The highest BCUT2D eigenvalue weighted by Gasteiger charge is 2.34. The number of carbonyl (C=O) groups is 3. The van der Waals surface area contributed by atoms with Gasteiger partial charge >= 0.3 is 17.8 Å². The zero-order chi connectivity index (χ0) is 25.5. The number of ether oxygens (including phenoxy) is 2. The van der Waals surface area contributed by atoms with Crippen LogP contribution in [0.15, 0.2) is 33.7 Å². The van der Waals surface area contributed by atoms with Gasteiger partial charge in [-0.1, -0.05) is 50.8 Å². The molecular formula is C25H34N4O6. The Morgan fingerprint density at radius 3 is 1.91 bits per heavy atom. The quantitative estimate of drug-likeness (QED) is 0.122. The molecule has 10 nitrogen and oxygen atoms in total. The summed E-state index contributed by atoms with van der Waals surface area (Å²) in [6.07, 6.45) is 8.68. The lowest BCUT2D eigenvalue weighted by Crippen LogP contribution is -2.23. The Labute approximate surface area is 205 Å². The second-order valence-corrected chi connectivity index (χ2v) is 10.5. The van der Waals surface area contributed by atoms with Gasteiger partial charge in [0.2, 0.25) is 0 Å². The minimum Gasteiger partial charge on any atom is -0.422 e. The number of hydrogen-bond donors (Lipinski definition) is 1. The number of nitrogens with two attached hydrogens (primary N) is 1. The normalized spacial score (nSPS) is 19.4. The summed E-state index contributed by atoms with van der Waals surface area (Å²) in [5.41, 5.74) is 0.307.